The van der Waals surface area contributed by atoms with E-state index in [1.807, 2.05) is 31.2 Å². The van der Waals surface area contributed by atoms with Crippen LogP contribution >= 0.6 is 11.6 Å². The van der Waals surface area contributed by atoms with E-state index in [1.165, 1.54) is 12.1 Å². The number of carbonyl (C=O) groups is 1. The molecule has 0 aromatic heterocycles. The van der Waals surface area contributed by atoms with Crippen LogP contribution in [0.4, 0.5) is 5.69 Å². The molecule has 3 aromatic carbocycles. The third-order valence-corrected chi connectivity index (χ3v) is 6.52. The Bertz CT molecular complexity index is 1140. The Morgan fingerprint density at radius 2 is 1.71 bits per heavy atom. The summed E-state index contributed by atoms with van der Waals surface area (Å²) in [6.45, 7) is 2.04. The third kappa shape index (κ3) is 5.99. The minimum absolute atomic E-state index is 0.0745. The molecule has 6 nitrogen and oxygen atoms in total. The van der Waals surface area contributed by atoms with Gasteiger partial charge in [-0.15, -0.1) is 0 Å². The van der Waals surface area contributed by atoms with Crippen molar-refractivity contribution in [3.05, 3.63) is 89.4 Å². The molecule has 0 heterocycles. The first-order valence-electron chi connectivity index (χ1n) is 9.66. The number of halogens is 1. The van der Waals surface area contributed by atoms with E-state index in [2.05, 4.69) is 5.32 Å². The van der Waals surface area contributed by atoms with Crippen molar-refractivity contribution in [3.63, 3.8) is 0 Å². The van der Waals surface area contributed by atoms with Gasteiger partial charge >= 0.3 is 0 Å². The lowest BCUT2D eigenvalue weighted by Gasteiger charge is -2.25. The summed E-state index contributed by atoms with van der Waals surface area (Å²) in [5.41, 5.74) is 1.31. The van der Waals surface area contributed by atoms with Crippen molar-refractivity contribution in [1.82, 2.24) is 5.32 Å². The van der Waals surface area contributed by atoms with Gasteiger partial charge in [-0.2, -0.15) is 0 Å². The van der Waals surface area contributed by atoms with Gasteiger partial charge in [0.15, 0.2) is 0 Å². The highest BCUT2D eigenvalue weighted by Crippen LogP contribution is 2.30. The van der Waals surface area contributed by atoms with E-state index in [1.54, 1.807) is 42.5 Å². The summed E-state index contributed by atoms with van der Waals surface area (Å²) < 4.78 is 33.1. The predicted molar refractivity (Wildman–Crippen MR) is 122 cm³/mol. The Labute approximate surface area is 187 Å². The summed E-state index contributed by atoms with van der Waals surface area (Å²) >= 11 is 6.25. The van der Waals surface area contributed by atoms with Crippen LogP contribution in [-0.2, 0) is 14.8 Å². The number of rotatable bonds is 9. The summed E-state index contributed by atoms with van der Waals surface area (Å²) in [5, 5.41) is 2.93. The third-order valence-electron chi connectivity index (χ3n) is 4.42. The summed E-state index contributed by atoms with van der Waals surface area (Å²) in [6.07, 6.45) is 0. The molecule has 0 bridgehead atoms. The van der Waals surface area contributed by atoms with Crippen molar-refractivity contribution in [1.29, 1.82) is 0 Å². The fourth-order valence-electron chi connectivity index (χ4n) is 2.92. The van der Waals surface area contributed by atoms with E-state index in [-0.39, 0.29) is 28.8 Å². The first-order chi connectivity index (χ1) is 14.9. The van der Waals surface area contributed by atoms with Crippen LogP contribution in [0.25, 0.3) is 0 Å². The molecule has 0 radical (unpaired) electrons. The number of hydrogen-bond acceptors (Lipinski definition) is 4. The summed E-state index contributed by atoms with van der Waals surface area (Å²) in [6, 6.07) is 22.0. The molecule has 1 amide bonds. The Morgan fingerprint density at radius 3 is 2.42 bits per heavy atom. The lowest BCUT2D eigenvalue weighted by Crippen LogP contribution is -2.42. The first-order valence-corrected chi connectivity index (χ1v) is 11.5. The van der Waals surface area contributed by atoms with Gasteiger partial charge in [-0.05, 0) is 48.9 Å². The van der Waals surface area contributed by atoms with Crippen LogP contribution in [0.2, 0.25) is 5.02 Å². The molecule has 3 rings (SSSR count). The molecule has 0 aliphatic rings. The maximum Gasteiger partial charge on any atom is 0.264 e. The minimum atomic E-state index is -3.99. The Morgan fingerprint density at radius 1 is 1.00 bits per heavy atom. The van der Waals surface area contributed by atoms with Crippen LogP contribution in [0, 0.1) is 6.92 Å². The zero-order valence-corrected chi connectivity index (χ0v) is 18.6. The van der Waals surface area contributed by atoms with E-state index in [4.69, 9.17) is 16.3 Å². The molecule has 3 aromatic rings. The number of benzene rings is 3. The molecule has 162 valence electrons. The smallest absolute Gasteiger partial charge is 0.264 e. The molecule has 0 unspecified atom stereocenters. The average Bonchev–Trinajstić information content (AvgIpc) is 2.76. The van der Waals surface area contributed by atoms with Crippen molar-refractivity contribution in [2.75, 3.05) is 24.0 Å². The number of anilines is 1. The molecule has 0 saturated carbocycles. The molecule has 0 aliphatic carbocycles. The normalized spacial score (nSPS) is 11.0. The SMILES string of the molecule is Cc1cccc(OCCNC(=O)CN(c2ccccc2Cl)S(=O)(=O)c2ccccc2)c1. The standard InChI is InChI=1S/C23H23ClN2O4S/c1-18-8-7-9-19(16-18)30-15-14-25-23(27)17-26(22-13-6-5-12-21(22)24)31(28,29)20-10-3-2-4-11-20/h2-13,16H,14-15,17H2,1H3,(H,25,27). The van der Waals surface area contributed by atoms with Gasteiger partial charge in [0.25, 0.3) is 10.0 Å². The van der Waals surface area contributed by atoms with Crippen molar-refractivity contribution in [2.45, 2.75) is 11.8 Å². The fourth-order valence-corrected chi connectivity index (χ4v) is 4.67. The molecule has 31 heavy (non-hydrogen) atoms. The number of hydrogen-bond donors (Lipinski definition) is 1. The lowest BCUT2D eigenvalue weighted by molar-refractivity contribution is -0.119. The number of ether oxygens (including phenoxy) is 1. The highest BCUT2D eigenvalue weighted by molar-refractivity contribution is 7.92. The van der Waals surface area contributed by atoms with E-state index in [0.717, 1.165) is 9.87 Å². The summed E-state index contributed by atoms with van der Waals surface area (Å²) in [7, 11) is -3.99. The average molecular weight is 459 g/mol. The highest BCUT2D eigenvalue weighted by Gasteiger charge is 2.28. The predicted octanol–water partition coefficient (Wildman–Crippen LogP) is 4.04. The van der Waals surface area contributed by atoms with Gasteiger partial charge in [0.05, 0.1) is 22.2 Å². The molecule has 0 saturated heterocycles. The second kappa shape index (κ2) is 10.3. The molecular weight excluding hydrogens is 436 g/mol. The zero-order valence-electron chi connectivity index (χ0n) is 17.0. The molecular formula is C23H23ClN2O4S. The maximum absolute atomic E-state index is 13.2. The molecule has 0 fully saturated rings. The number of sulfonamides is 1. The van der Waals surface area contributed by atoms with E-state index in [9.17, 15) is 13.2 Å². The fraction of sp³-hybridized carbons (Fsp3) is 0.174. The van der Waals surface area contributed by atoms with Gasteiger partial charge in [0.1, 0.15) is 18.9 Å². The second-order valence-electron chi connectivity index (χ2n) is 6.79. The van der Waals surface area contributed by atoms with Crippen LogP contribution in [0.15, 0.2) is 83.8 Å². The largest absolute Gasteiger partial charge is 0.492 e. The summed E-state index contributed by atoms with van der Waals surface area (Å²) in [5.74, 6) is 0.242. The van der Waals surface area contributed by atoms with Gasteiger partial charge in [-0.1, -0.05) is 54.1 Å². The topological polar surface area (TPSA) is 75.7 Å². The number of nitrogens with one attached hydrogen (secondary N) is 1. The van der Waals surface area contributed by atoms with E-state index >= 15 is 0 Å². The molecule has 0 aliphatic heterocycles. The maximum atomic E-state index is 13.2. The molecule has 0 atom stereocenters. The van der Waals surface area contributed by atoms with Crippen molar-refractivity contribution >= 4 is 33.2 Å². The quantitative estimate of drug-likeness (QED) is 0.491. The monoisotopic (exact) mass is 458 g/mol. The number of para-hydroxylation sites is 1. The summed E-state index contributed by atoms with van der Waals surface area (Å²) in [4.78, 5) is 12.6. The van der Waals surface area contributed by atoms with Gasteiger partial charge in [0, 0.05) is 0 Å². The van der Waals surface area contributed by atoms with Crippen molar-refractivity contribution < 1.29 is 17.9 Å². The van der Waals surface area contributed by atoms with Crippen molar-refractivity contribution in [3.8, 4) is 5.75 Å². The molecule has 8 heteroatoms. The van der Waals surface area contributed by atoms with Crippen molar-refractivity contribution in [2.24, 2.45) is 0 Å². The van der Waals surface area contributed by atoms with Gasteiger partial charge in [0.2, 0.25) is 5.91 Å². The van der Waals surface area contributed by atoms with E-state index < -0.39 is 22.5 Å². The zero-order chi connectivity index (χ0) is 22.3. The van der Waals surface area contributed by atoms with Crippen LogP contribution < -0.4 is 14.4 Å². The van der Waals surface area contributed by atoms with Crippen LogP contribution in [-0.4, -0.2) is 34.0 Å². The molecule has 0 spiro atoms. The number of carbonyl (C=O) groups excluding carboxylic acids is 1. The number of aryl methyl sites for hydroxylation is 1. The van der Waals surface area contributed by atoms with Crippen LogP contribution in [0.3, 0.4) is 0 Å². The van der Waals surface area contributed by atoms with Gasteiger partial charge < -0.3 is 10.1 Å². The lowest BCUT2D eigenvalue weighted by atomic mass is 10.2. The minimum Gasteiger partial charge on any atom is -0.492 e. The number of amides is 1. The van der Waals surface area contributed by atoms with Crippen LogP contribution in [0.5, 0.6) is 5.75 Å². The Hall–Kier alpha value is -3.03. The second-order valence-corrected chi connectivity index (χ2v) is 9.06. The Balaban J connectivity index is 1.70. The van der Waals surface area contributed by atoms with Crippen LogP contribution in [0.1, 0.15) is 5.56 Å². The molecule has 1 N–H and O–H groups in total. The Kier molecular flexibility index (Phi) is 7.55. The van der Waals surface area contributed by atoms with Gasteiger partial charge in [-0.3, -0.25) is 9.10 Å². The first kappa shape index (κ1) is 22.7. The highest BCUT2D eigenvalue weighted by atomic mass is 35.5. The number of nitrogens with zero attached hydrogens (tertiary/aromatic N) is 1. The van der Waals surface area contributed by atoms with E-state index in [0.29, 0.717) is 5.75 Å². The van der Waals surface area contributed by atoms with Gasteiger partial charge in [-0.25, -0.2) is 8.42 Å².